The van der Waals surface area contributed by atoms with E-state index in [2.05, 4.69) is 17.2 Å². The summed E-state index contributed by atoms with van der Waals surface area (Å²) in [5.74, 6) is 0.260. The zero-order valence-corrected chi connectivity index (χ0v) is 20.9. The van der Waals surface area contributed by atoms with E-state index < -0.39 is 0 Å². The third-order valence-electron chi connectivity index (χ3n) is 5.90. The number of hydrogen-bond donors (Lipinski definition) is 2. The van der Waals surface area contributed by atoms with Crippen LogP contribution in [0.25, 0.3) is 0 Å². The van der Waals surface area contributed by atoms with Crippen molar-refractivity contribution >= 4 is 11.9 Å². The molecule has 0 saturated heterocycles. The van der Waals surface area contributed by atoms with Gasteiger partial charge in [-0.15, -0.1) is 0 Å². The van der Waals surface area contributed by atoms with Crippen LogP contribution in [0.2, 0.25) is 0 Å². The second kappa shape index (κ2) is 25.0. The van der Waals surface area contributed by atoms with Crippen LogP contribution < -0.4 is 11.1 Å². The van der Waals surface area contributed by atoms with E-state index in [1.54, 1.807) is 7.05 Å². The minimum Gasteiger partial charge on any atom is -0.464 e. The molecule has 5 nitrogen and oxygen atoms in total. The highest BCUT2D eigenvalue weighted by molar-refractivity contribution is 5.77. The zero-order chi connectivity index (χ0) is 22.8. The molecule has 5 heteroatoms. The predicted molar refractivity (Wildman–Crippen MR) is 135 cm³/mol. The number of carbonyl (C=O) groups is 1. The molecule has 0 aromatic carbocycles. The summed E-state index contributed by atoms with van der Waals surface area (Å²) < 4.78 is 5.16. The lowest BCUT2D eigenvalue weighted by Gasteiger charge is -2.06. The Balaban J connectivity index is 3.14. The van der Waals surface area contributed by atoms with Crippen LogP contribution in [0.1, 0.15) is 135 Å². The molecule has 0 aliphatic heterocycles. The highest BCUT2D eigenvalue weighted by Crippen LogP contribution is 2.14. The minimum atomic E-state index is -0.110. The highest BCUT2D eigenvalue weighted by Gasteiger charge is 2.02. The number of nitrogens with zero attached hydrogens (tertiary/aromatic N) is 1. The number of ether oxygens (including phenoxy) is 1. The second-order valence-electron chi connectivity index (χ2n) is 8.87. The van der Waals surface area contributed by atoms with E-state index in [1.165, 1.54) is 109 Å². The number of nitrogens with two attached hydrogens (primary N) is 1. The molecule has 0 aromatic rings. The fraction of sp³-hybridized carbons (Fsp3) is 0.923. The number of esters is 1. The Bertz CT molecular complexity index is 413. The standard InChI is InChI=1S/C26H53N3O2/c1-3-4-5-6-7-8-9-10-11-12-13-14-15-16-17-18-19-20-21-22-25(30)31-24-23-29-26(27)28-2/h3-24H2,1-2H3,(H3,27,28,29). The van der Waals surface area contributed by atoms with E-state index in [0.29, 0.717) is 25.5 Å². The van der Waals surface area contributed by atoms with Gasteiger partial charge in [-0.25, -0.2) is 0 Å². The topological polar surface area (TPSA) is 76.7 Å². The van der Waals surface area contributed by atoms with Crippen molar-refractivity contribution in [1.29, 1.82) is 0 Å². The van der Waals surface area contributed by atoms with Gasteiger partial charge in [-0.1, -0.05) is 122 Å². The monoisotopic (exact) mass is 439 g/mol. The molecule has 0 bridgehead atoms. The van der Waals surface area contributed by atoms with Crippen molar-refractivity contribution in [2.45, 2.75) is 135 Å². The smallest absolute Gasteiger partial charge is 0.305 e. The maximum absolute atomic E-state index is 11.6. The molecule has 0 aliphatic rings. The highest BCUT2D eigenvalue weighted by atomic mass is 16.5. The van der Waals surface area contributed by atoms with E-state index in [9.17, 15) is 4.79 Å². The Kier molecular flexibility index (Phi) is 24.0. The first-order valence-corrected chi connectivity index (χ1v) is 13.3. The molecule has 0 aliphatic carbocycles. The Morgan fingerprint density at radius 2 is 1.10 bits per heavy atom. The third kappa shape index (κ3) is 24.9. The van der Waals surface area contributed by atoms with Gasteiger partial charge >= 0.3 is 5.97 Å². The molecule has 3 N–H and O–H groups in total. The van der Waals surface area contributed by atoms with E-state index in [1.807, 2.05) is 0 Å². The normalized spacial score (nSPS) is 11.6. The van der Waals surface area contributed by atoms with Crippen molar-refractivity contribution in [3.8, 4) is 0 Å². The fourth-order valence-electron chi connectivity index (χ4n) is 3.84. The average molecular weight is 440 g/mol. The molecule has 184 valence electrons. The molecule has 0 saturated carbocycles. The summed E-state index contributed by atoms with van der Waals surface area (Å²) in [5.41, 5.74) is 5.50. The lowest BCUT2D eigenvalue weighted by Crippen LogP contribution is -2.34. The van der Waals surface area contributed by atoms with Gasteiger partial charge < -0.3 is 15.8 Å². The number of hydrogen-bond acceptors (Lipinski definition) is 3. The van der Waals surface area contributed by atoms with E-state index in [4.69, 9.17) is 10.5 Å². The van der Waals surface area contributed by atoms with Crippen LogP contribution >= 0.6 is 0 Å². The van der Waals surface area contributed by atoms with Crippen LogP contribution in [0.5, 0.6) is 0 Å². The lowest BCUT2D eigenvalue weighted by atomic mass is 10.0. The van der Waals surface area contributed by atoms with Gasteiger partial charge in [0, 0.05) is 13.5 Å². The molecule has 0 fully saturated rings. The quantitative estimate of drug-likeness (QED) is 0.0786. The van der Waals surface area contributed by atoms with Crippen LogP contribution in [-0.2, 0) is 9.53 Å². The van der Waals surface area contributed by atoms with Crippen molar-refractivity contribution in [3.63, 3.8) is 0 Å². The minimum absolute atomic E-state index is 0.110. The number of unbranched alkanes of at least 4 members (excludes halogenated alkanes) is 18. The fourth-order valence-corrected chi connectivity index (χ4v) is 3.84. The van der Waals surface area contributed by atoms with Crippen LogP contribution in [0.3, 0.4) is 0 Å². The van der Waals surface area contributed by atoms with Crippen LogP contribution in [-0.4, -0.2) is 32.1 Å². The largest absolute Gasteiger partial charge is 0.464 e. The summed E-state index contributed by atoms with van der Waals surface area (Å²) in [4.78, 5) is 15.4. The summed E-state index contributed by atoms with van der Waals surface area (Å²) in [6, 6.07) is 0. The molecule has 0 radical (unpaired) electrons. The van der Waals surface area contributed by atoms with E-state index >= 15 is 0 Å². The Hall–Kier alpha value is -1.26. The molecular formula is C26H53N3O2. The molecular weight excluding hydrogens is 386 g/mol. The predicted octanol–water partition coefficient (Wildman–Crippen LogP) is 6.89. The maximum Gasteiger partial charge on any atom is 0.305 e. The summed E-state index contributed by atoms with van der Waals surface area (Å²) in [5, 5.41) is 2.87. The molecule has 0 amide bonds. The van der Waals surface area contributed by atoms with Crippen molar-refractivity contribution in [2.75, 3.05) is 20.2 Å². The van der Waals surface area contributed by atoms with Crippen LogP contribution in [0, 0.1) is 0 Å². The maximum atomic E-state index is 11.6. The first-order valence-electron chi connectivity index (χ1n) is 13.3. The van der Waals surface area contributed by atoms with Gasteiger partial charge in [0.25, 0.3) is 0 Å². The second-order valence-corrected chi connectivity index (χ2v) is 8.87. The molecule has 0 atom stereocenters. The number of aliphatic imine (C=N–C) groups is 1. The first kappa shape index (κ1) is 29.7. The van der Waals surface area contributed by atoms with E-state index in [-0.39, 0.29) is 5.97 Å². The summed E-state index contributed by atoms with van der Waals surface area (Å²) in [6.45, 7) is 3.13. The van der Waals surface area contributed by atoms with E-state index in [0.717, 1.165) is 12.8 Å². The molecule has 31 heavy (non-hydrogen) atoms. The van der Waals surface area contributed by atoms with Gasteiger partial charge in [0.15, 0.2) is 5.96 Å². The van der Waals surface area contributed by atoms with Gasteiger partial charge in [0.1, 0.15) is 6.61 Å². The van der Waals surface area contributed by atoms with Gasteiger partial charge in [0.05, 0.1) is 6.54 Å². The Morgan fingerprint density at radius 1 is 0.710 bits per heavy atom. The Morgan fingerprint density at radius 3 is 1.48 bits per heavy atom. The van der Waals surface area contributed by atoms with Crippen LogP contribution in [0.15, 0.2) is 4.99 Å². The zero-order valence-electron chi connectivity index (χ0n) is 20.9. The average Bonchev–Trinajstić information content (AvgIpc) is 2.78. The number of carbonyl (C=O) groups excluding carboxylic acids is 1. The summed E-state index contributed by atoms with van der Waals surface area (Å²) in [6.07, 6.45) is 26.4. The molecule has 0 spiro atoms. The number of guanidine groups is 1. The van der Waals surface area contributed by atoms with Gasteiger partial charge in [-0.2, -0.15) is 0 Å². The van der Waals surface area contributed by atoms with Crippen LogP contribution in [0.4, 0.5) is 0 Å². The summed E-state index contributed by atoms with van der Waals surface area (Å²) >= 11 is 0. The first-order chi connectivity index (χ1) is 15.2. The van der Waals surface area contributed by atoms with Crippen molar-refractivity contribution in [2.24, 2.45) is 10.7 Å². The van der Waals surface area contributed by atoms with Crippen molar-refractivity contribution in [1.82, 2.24) is 5.32 Å². The third-order valence-corrected chi connectivity index (χ3v) is 5.90. The van der Waals surface area contributed by atoms with Crippen molar-refractivity contribution < 1.29 is 9.53 Å². The SMILES string of the molecule is CCCCCCCCCCCCCCCCCCCCCC(=O)OCCNC(N)=NC. The molecule has 0 rings (SSSR count). The summed E-state index contributed by atoms with van der Waals surface area (Å²) in [7, 11) is 1.62. The molecule has 0 aromatic heterocycles. The number of nitrogens with one attached hydrogen (secondary N) is 1. The van der Waals surface area contributed by atoms with Gasteiger partial charge in [-0.3, -0.25) is 9.79 Å². The Labute approximate surface area is 193 Å². The lowest BCUT2D eigenvalue weighted by molar-refractivity contribution is -0.143. The molecule has 0 unspecified atom stereocenters. The number of rotatable bonds is 23. The molecule has 0 heterocycles. The van der Waals surface area contributed by atoms with Gasteiger partial charge in [-0.05, 0) is 6.42 Å². The van der Waals surface area contributed by atoms with Gasteiger partial charge in [0.2, 0.25) is 0 Å². The van der Waals surface area contributed by atoms with Crippen molar-refractivity contribution in [3.05, 3.63) is 0 Å².